The van der Waals surface area contributed by atoms with Crippen LogP contribution < -0.4 is 0 Å². The van der Waals surface area contributed by atoms with Crippen molar-refractivity contribution in [3.8, 4) is 0 Å². The molecule has 0 fully saturated rings. The number of nitrogens with zero attached hydrogens (tertiary/aromatic N) is 2. The number of isocyanates is 1. The summed E-state index contributed by atoms with van der Waals surface area (Å²) in [4.78, 5) is 16.2. The molecule has 0 aliphatic carbocycles. The maximum Gasteiger partial charge on any atom is 0.241 e. The van der Waals surface area contributed by atoms with Crippen molar-refractivity contribution < 1.29 is 4.79 Å². The van der Waals surface area contributed by atoms with Crippen molar-refractivity contribution >= 4 is 11.9 Å². The van der Waals surface area contributed by atoms with Crippen molar-refractivity contribution in [3.05, 3.63) is 0 Å². The van der Waals surface area contributed by atoms with Crippen LogP contribution in [0.4, 0.5) is 0 Å². The lowest BCUT2D eigenvalue weighted by Crippen LogP contribution is -1.80. The molecule has 38 valence electrons. The third-order valence-electron chi connectivity index (χ3n) is 0.531. The van der Waals surface area contributed by atoms with Crippen LogP contribution in [0, 0.1) is 0 Å². The standard InChI is InChI=1S/C4H6N2O/c1-4(5-2)6-3-7/h1-2H3. The second-order valence-electron chi connectivity index (χ2n) is 0.974. The van der Waals surface area contributed by atoms with Crippen molar-refractivity contribution in [1.29, 1.82) is 0 Å². The second-order valence-corrected chi connectivity index (χ2v) is 0.974. The lowest BCUT2D eigenvalue weighted by Gasteiger charge is -1.75. The summed E-state index contributed by atoms with van der Waals surface area (Å²) in [5, 5.41) is 0. The van der Waals surface area contributed by atoms with E-state index in [1.165, 1.54) is 6.08 Å². The third kappa shape index (κ3) is 2.86. The van der Waals surface area contributed by atoms with E-state index in [1.54, 1.807) is 14.0 Å². The normalized spacial score (nSPS) is 10.3. The molecule has 0 unspecified atom stereocenters. The van der Waals surface area contributed by atoms with Gasteiger partial charge in [0.15, 0.2) is 0 Å². The average molecular weight is 98.1 g/mol. The fraction of sp³-hybridized carbons (Fsp3) is 0.500. The second kappa shape index (κ2) is 3.25. The zero-order valence-corrected chi connectivity index (χ0v) is 4.30. The van der Waals surface area contributed by atoms with E-state index >= 15 is 0 Å². The van der Waals surface area contributed by atoms with Gasteiger partial charge in [-0.25, -0.2) is 4.79 Å². The van der Waals surface area contributed by atoms with Gasteiger partial charge in [-0.15, -0.1) is 0 Å². The summed E-state index contributed by atoms with van der Waals surface area (Å²) in [6.45, 7) is 1.63. The van der Waals surface area contributed by atoms with E-state index in [2.05, 4.69) is 9.98 Å². The molecule has 0 aliphatic heterocycles. The number of aliphatic imine (C=N–C) groups is 2. The Morgan fingerprint density at radius 1 is 1.71 bits per heavy atom. The molecular weight excluding hydrogens is 92.1 g/mol. The van der Waals surface area contributed by atoms with Crippen LogP contribution in [0.3, 0.4) is 0 Å². The first-order chi connectivity index (χ1) is 3.31. The first-order valence-electron chi connectivity index (χ1n) is 1.82. The summed E-state index contributed by atoms with van der Waals surface area (Å²) >= 11 is 0. The van der Waals surface area contributed by atoms with E-state index in [-0.39, 0.29) is 0 Å². The van der Waals surface area contributed by atoms with Crippen LogP contribution in [0.15, 0.2) is 9.98 Å². The van der Waals surface area contributed by atoms with E-state index in [1.807, 2.05) is 0 Å². The molecule has 0 heterocycles. The van der Waals surface area contributed by atoms with E-state index in [0.717, 1.165) is 0 Å². The van der Waals surface area contributed by atoms with Crippen LogP contribution in [0.5, 0.6) is 0 Å². The van der Waals surface area contributed by atoms with Gasteiger partial charge in [0.2, 0.25) is 6.08 Å². The molecule has 7 heavy (non-hydrogen) atoms. The molecule has 0 bridgehead atoms. The highest BCUT2D eigenvalue weighted by molar-refractivity contribution is 5.84. The highest BCUT2D eigenvalue weighted by Gasteiger charge is 1.74. The maximum atomic E-state index is 9.40. The minimum absolute atomic E-state index is 0.454. The molecule has 0 aliphatic rings. The number of hydrogen-bond donors (Lipinski definition) is 0. The van der Waals surface area contributed by atoms with Crippen molar-refractivity contribution in [1.82, 2.24) is 0 Å². The quantitative estimate of drug-likeness (QED) is 0.245. The zero-order chi connectivity index (χ0) is 5.70. The lowest BCUT2D eigenvalue weighted by molar-refractivity contribution is 0.565. The summed E-state index contributed by atoms with van der Waals surface area (Å²) in [7, 11) is 1.57. The Balaban J connectivity index is 3.82. The van der Waals surface area contributed by atoms with Gasteiger partial charge in [-0.1, -0.05) is 0 Å². The van der Waals surface area contributed by atoms with Crippen LogP contribution in [-0.4, -0.2) is 19.0 Å². The fourth-order valence-corrected chi connectivity index (χ4v) is 0.116. The van der Waals surface area contributed by atoms with E-state index in [9.17, 15) is 4.79 Å². The monoisotopic (exact) mass is 98.0 g/mol. The Labute approximate surface area is 41.8 Å². The smallest absolute Gasteiger partial charge is 0.241 e. The van der Waals surface area contributed by atoms with E-state index < -0.39 is 0 Å². The van der Waals surface area contributed by atoms with E-state index in [4.69, 9.17) is 0 Å². The van der Waals surface area contributed by atoms with Gasteiger partial charge in [-0.2, -0.15) is 4.99 Å². The van der Waals surface area contributed by atoms with Gasteiger partial charge in [0.1, 0.15) is 5.84 Å². The minimum Gasteiger partial charge on any atom is -0.273 e. The Bertz CT molecular complexity index is 122. The van der Waals surface area contributed by atoms with Crippen molar-refractivity contribution in [2.45, 2.75) is 6.92 Å². The summed E-state index contributed by atoms with van der Waals surface area (Å²) < 4.78 is 0. The van der Waals surface area contributed by atoms with E-state index in [0.29, 0.717) is 5.84 Å². The van der Waals surface area contributed by atoms with Gasteiger partial charge < -0.3 is 0 Å². The average Bonchev–Trinajstić information content (AvgIpc) is 1.68. The predicted octanol–water partition coefficient (Wildman–Crippen LogP) is 0.370. The van der Waals surface area contributed by atoms with Gasteiger partial charge in [0.05, 0.1) is 0 Å². The van der Waals surface area contributed by atoms with Gasteiger partial charge in [-0.3, -0.25) is 4.99 Å². The molecule has 0 amide bonds. The number of rotatable bonds is 0. The number of amidine groups is 1. The van der Waals surface area contributed by atoms with Crippen molar-refractivity contribution in [2.75, 3.05) is 7.05 Å². The summed E-state index contributed by atoms with van der Waals surface area (Å²) in [6.07, 6.45) is 1.36. The molecule has 0 aromatic rings. The largest absolute Gasteiger partial charge is 0.273 e. The topological polar surface area (TPSA) is 41.8 Å². The highest BCUT2D eigenvalue weighted by atomic mass is 16.1. The summed E-state index contributed by atoms with van der Waals surface area (Å²) in [5.74, 6) is 0.454. The first-order valence-corrected chi connectivity index (χ1v) is 1.82. The molecule has 0 aromatic heterocycles. The first kappa shape index (κ1) is 6.05. The molecule has 0 atom stereocenters. The van der Waals surface area contributed by atoms with Gasteiger partial charge in [0.25, 0.3) is 0 Å². The van der Waals surface area contributed by atoms with Gasteiger partial charge >= 0.3 is 0 Å². The molecule has 0 N–H and O–H groups in total. The molecule has 0 spiro atoms. The minimum atomic E-state index is 0.454. The molecule has 3 heteroatoms. The maximum absolute atomic E-state index is 9.40. The summed E-state index contributed by atoms with van der Waals surface area (Å²) in [6, 6.07) is 0. The zero-order valence-electron chi connectivity index (χ0n) is 4.30. The van der Waals surface area contributed by atoms with Crippen LogP contribution in [-0.2, 0) is 4.79 Å². The third-order valence-corrected chi connectivity index (χ3v) is 0.531. The Morgan fingerprint density at radius 3 is 2.43 bits per heavy atom. The van der Waals surface area contributed by atoms with Gasteiger partial charge in [0, 0.05) is 7.05 Å². The molecule has 0 rings (SSSR count). The fourth-order valence-electron chi connectivity index (χ4n) is 0.116. The Morgan fingerprint density at radius 2 is 2.29 bits per heavy atom. The Hall–Kier alpha value is -0.950. The molecule has 0 radical (unpaired) electrons. The molecule has 3 nitrogen and oxygen atoms in total. The number of hydrogen-bond acceptors (Lipinski definition) is 2. The van der Waals surface area contributed by atoms with Gasteiger partial charge in [-0.05, 0) is 6.92 Å². The van der Waals surface area contributed by atoms with Crippen LogP contribution in [0.25, 0.3) is 0 Å². The van der Waals surface area contributed by atoms with Crippen LogP contribution in [0.1, 0.15) is 6.92 Å². The van der Waals surface area contributed by atoms with Crippen molar-refractivity contribution in [3.63, 3.8) is 0 Å². The van der Waals surface area contributed by atoms with Crippen LogP contribution >= 0.6 is 0 Å². The predicted molar refractivity (Wildman–Crippen MR) is 27.2 cm³/mol. The molecular formula is C4H6N2O. The molecule has 0 saturated carbocycles. The summed E-state index contributed by atoms with van der Waals surface area (Å²) in [5.41, 5.74) is 0. The Kier molecular flexibility index (Phi) is 2.81. The van der Waals surface area contributed by atoms with Crippen molar-refractivity contribution in [2.24, 2.45) is 9.98 Å². The molecule has 0 saturated heterocycles. The van der Waals surface area contributed by atoms with Crippen LogP contribution in [0.2, 0.25) is 0 Å². The lowest BCUT2D eigenvalue weighted by atomic mass is 10.7. The SMILES string of the molecule is CN=C(C)N=C=O. The number of carbonyl (C=O) groups excluding carboxylic acids is 1. The highest BCUT2D eigenvalue weighted by Crippen LogP contribution is 1.70. The molecule has 0 aromatic carbocycles.